The normalized spacial score (nSPS) is 26.9. The number of hydrogen-bond donors (Lipinski definition) is 1. The van der Waals surface area contributed by atoms with Crippen molar-refractivity contribution >= 4 is 10.1 Å². The second-order valence-corrected chi connectivity index (χ2v) is 7.55. The Bertz CT molecular complexity index is 447. The van der Waals surface area contributed by atoms with Crippen LogP contribution in [-0.4, -0.2) is 58.4 Å². The van der Waals surface area contributed by atoms with Crippen molar-refractivity contribution in [2.75, 3.05) is 45.4 Å². The molecule has 3 unspecified atom stereocenters. The van der Waals surface area contributed by atoms with Crippen molar-refractivity contribution in [1.29, 1.82) is 0 Å². The quantitative estimate of drug-likeness (QED) is 0.331. The molecular formula is C15H26O6S. The zero-order chi connectivity index (χ0) is 15.8. The summed E-state index contributed by atoms with van der Waals surface area (Å²) in [6.45, 7) is 3.15. The van der Waals surface area contributed by atoms with Crippen molar-refractivity contribution in [2.45, 2.75) is 19.3 Å². The van der Waals surface area contributed by atoms with Gasteiger partial charge in [-0.05, 0) is 37.0 Å². The van der Waals surface area contributed by atoms with Gasteiger partial charge in [-0.15, -0.1) is 0 Å². The van der Waals surface area contributed by atoms with Crippen LogP contribution >= 0.6 is 0 Å². The molecule has 0 aromatic carbocycles. The largest absolute Gasteiger partial charge is 0.379 e. The molecule has 22 heavy (non-hydrogen) atoms. The fourth-order valence-electron chi connectivity index (χ4n) is 3.10. The smallest absolute Gasteiger partial charge is 0.264 e. The lowest BCUT2D eigenvalue weighted by atomic mass is 9.95. The molecule has 3 atom stereocenters. The van der Waals surface area contributed by atoms with E-state index in [0.29, 0.717) is 45.4 Å². The third-order valence-electron chi connectivity index (χ3n) is 4.18. The van der Waals surface area contributed by atoms with Gasteiger partial charge >= 0.3 is 0 Å². The zero-order valence-corrected chi connectivity index (χ0v) is 13.7. The van der Waals surface area contributed by atoms with Gasteiger partial charge in [0.15, 0.2) is 0 Å². The van der Waals surface area contributed by atoms with E-state index in [0.717, 1.165) is 18.4 Å². The molecule has 0 aromatic heterocycles. The van der Waals surface area contributed by atoms with Crippen LogP contribution in [0.25, 0.3) is 0 Å². The first-order chi connectivity index (χ1) is 10.5. The summed E-state index contributed by atoms with van der Waals surface area (Å²) in [5, 5.41) is 0. The molecule has 2 rings (SSSR count). The summed E-state index contributed by atoms with van der Waals surface area (Å²) in [4.78, 5) is 0. The highest BCUT2D eigenvalue weighted by Gasteiger charge is 2.35. The van der Waals surface area contributed by atoms with Crippen LogP contribution in [0.15, 0.2) is 12.2 Å². The van der Waals surface area contributed by atoms with Crippen LogP contribution < -0.4 is 0 Å². The highest BCUT2D eigenvalue weighted by Crippen LogP contribution is 2.43. The SMILES string of the molecule is O=S(=O)(O)CCCOCCOCCOCC1CC2C=CC1C2. The first-order valence-electron chi connectivity index (χ1n) is 7.91. The van der Waals surface area contributed by atoms with Crippen molar-refractivity contribution in [3.05, 3.63) is 12.2 Å². The molecule has 1 N–H and O–H groups in total. The van der Waals surface area contributed by atoms with Gasteiger partial charge in [0.1, 0.15) is 0 Å². The van der Waals surface area contributed by atoms with Gasteiger partial charge < -0.3 is 14.2 Å². The van der Waals surface area contributed by atoms with Gasteiger partial charge in [0.25, 0.3) is 10.1 Å². The lowest BCUT2D eigenvalue weighted by Gasteiger charge is -2.17. The van der Waals surface area contributed by atoms with Gasteiger partial charge in [0.05, 0.1) is 38.8 Å². The first-order valence-corrected chi connectivity index (χ1v) is 9.52. The fraction of sp³-hybridized carbons (Fsp3) is 0.867. The Hall–Kier alpha value is -0.470. The van der Waals surface area contributed by atoms with Gasteiger partial charge in [-0.2, -0.15) is 8.42 Å². The van der Waals surface area contributed by atoms with Crippen molar-refractivity contribution in [2.24, 2.45) is 17.8 Å². The Morgan fingerprint density at radius 3 is 2.23 bits per heavy atom. The monoisotopic (exact) mass is 334 g/mol. The van der Waals surface area contributed by atoms with E-state index >= 15 is 0 Å². The molecule has 0 radical (unpaired) electrons. The van der Waals surface area contributed by atoms with Crippen LogP contribution in [0.4, 0.5) is 0 Å². The number of rotatable bonds is 12. The van der Waals surface area contributed by atoms with Crippen molar-refractivity contribution < 1.29 is 27.2 Å². The molecule has 2 aliphatic carbocycles. The first kappa shape index (κ1) is 17.9. The Morgan fingerprint density at radius 1 is 0.955 bits per heavy atom. The molecule has 0 spiro atoms. The topological polar surface area (TPSA) is 82.1 Å². The van der Waals surface area contributed by atoms with E-state index in [1.54, 1.807) is 0 Å². The third kappa shape index (κ3) is 6.75. The van der Waals surface area contributed by atoms with Gasteiger partial charge in [0, 0.05) is 6.61 Å². The summed E-state index contributed by atoms with van der Waals surface area (Å²) in [7, 11) is -3.87. The molecule has 0 aromatic rings. The van der Waals surface area contributed by atoms with Crippen molar-refractivity contribution in [1.82, 2.24) is 0 Å². The highest BCUT2D eigenvalue weighted by atomic mass is 32.2. The molecule has 0 aliphatic heterocycles. The molecule has 1 saturated carbocycles. The predicted molar refractivity (Wildman–Crippen MR) is 82.3 cm³/mol. The van der Waals surface area contributed by atoms with E-state index in [1.165, 1.54) is 12.8 Å². The van der Waals surface area contributed by atoms with Crippen molar-refractivity contribution in [3.63, 3.8) is 0 Å². The molecule has 0 heterocycles. The van der Waals surface area contributed by atoms with E-state index in [-0.39, 0.29) is 5.75 Å². The van der Waals surface area contributed by atoms with Gasteiger partial charge in [0.2, 0.25) is 0 Å². The predicted octanol–water partition coefficient (Wildman–Crippen LogP) is 1.53. The van der Waals surface area contributed by atoms with Crippen LogP contribution in [-0.2, 0) is 24.3 Å². The summed E-state index contributed by atoms with van der Waals surface area (Å²) < 4.78 is 45.7. The number of fused-ring (bicyclic) bond motifs is 2. The Morgan fingerprint density at radius 2 is 1.64 bits per heavy atom. The molecule has 128 valence electrons. The number of allylic oxidation sites excluding steroid dienone is 2. The van der Waals surface area contributed by atoms with Gasteiger partial charge in [-0.1, -0.05) is 12.2 Å². The van der Waals surface area contributed by atoms with Gasteiger partial charge in [-0.3, -0.25) is 4.55 Å². The number of hydrogen-bond acceptors (Lipinski definition) is 5. The Kier molecular flexibility index (Phi) is 7.30. The molecule has 0 saturated heterocycles. The van der Waals surface area contributed by atoms with E-state index in [2.05, 4.69) is 12.2 Å². The Labute approximate surface area is 132 Å². The van der Waals surface area contributed by atoms with Crippen LogP contribution in [0.2, 0.25) is 0 Å². The molecule has 1 fully saturated rings. The van der Waals surface area contributed by atoms with Crippen LogP contribution in [0.3, 0.4) is 0 Å². The van der Waals surface area contributed by atoms with Gasteiger partial charge in [-0.25, -0.2) is 0 Å². The second-order valence-electron chi connectivity index (χ2n) is 5.98. The maximum atomic E-state index is 10.5. The lowest BCUT2D eigenvalue weighted by Crippen LogP contribution is -2.17. The average molecular weight is 334 g/mol. The van der Waals surface area contributed by atoms with E-state index in [4.69, 9.17) is 18.8 Å². The zero-order valence-electron chi connectivity index (χ0n) is 12.9. The molecular weight excluding hydrogens is 308 g/mol. The molecule has 6 nitrogen and oxygen atoms in total. The van der Waals surface area contributed by atoms with Crippen molar-refractivity contribution in [3.8, 4) is 0 Å². The second kappa shape index (κ2) is 8.98. The van der Waals surface area contributed by atoms with Crippen LogP contribution in [0.1, 0.15) is 19.3 Å². The molecule has 2 aliphatic rings. The van der Waals surface area contributed by atoms with E-state index < -0.39 is 10.1 Å². The minimum Gasteiger partial charge on any atom is -0.379 e. The summed E-state index contributed by atoms with van der Waals surface area (Å²) >= 11 is 0. The van der Waals surface area contributed by atoms with E-state index in [1.807, 2.05) is 0 Å². The van der Waals surface area contributed by atoms with E-state index in [9.17, 15) is 8.42 Å². The fourth-order valence-corrected chi connectivity index (χ4v) is 3.59. The molecule has 2 bridgehead atoms. The van der Waals surface area contributed by atoms with Crippen LogP contribution in [0.5, 0.6) is 0 Å². The number of ether oxygens (including phenoxy) is 3. The minimum absolute atomic E-state index is 0.264. The maximum absolute atomic E-state index is 10.5. The summed E-state index contributed by atoms with van der Waals surface area (Å²) in [5.41, 5.74) is 0. The minimum atomic E-state index is -3.87. The Balaban J connectivity index is 1.33. The maximum Gasteiger partial charge on any atom is 0.264 e. The average Bonchev–Trinajstić information content (AvgIpc) is 3.06. The molecule has 7 heteroatoms. The van der Waals surface area contributed by atoms with Crippen LogP contribution in [0, 0.1) is 17.8 Å². The molecule has 0 amide bonds. The standard InChI is InChI=1S/C15H26O6S/c16-22(17,18)9-1-4-19-5-6-20-7-8-21-12-15-11-13-2-3-14(15)10-13/h2-3,13-15H,1,4-12H2,(H,16,17,18). The lowest BCUT2D eigenvalue weighted by molar-refractivity contribution is 0.00552. The highest BCUT2D eigenvalue weighted by molar-refractivity contribution is 7.85. The summed E-state index contributed by atoms with van der Waals surface area (Å²) in [5.74, 6) is 1.93. The third-order valence-corrected chi connectivity index (χ3v) is 4.99. The summed E-state index contributed by atoms with van der Waals surface area (Å²) in [6, 6.07) is 0. The summed E-state index contributed by atoms with van der Waals surface area (Å²) in [6.07, 6.45) is 7.52.